The highest BCUT2D eigenvalue weighted by Crippen LogP contribution is 2.32. The van der Waals surface area contributed by atoms with Gasteiger partial charge in [-0.2, -0.15) is 0 Å². The highest BCUT2D eigenvalue weighted by Gasteiger charge is 2.30. The van der Waals surface area contributed by atoms with Crippen LogP contribution < -0.4 is 5.73 Å². The van der Waals surface area contributed by atoms with Crippen molar-refractivity contribution in [1.29, 1.82) is 0 Å². The Morgan fingerprint density at radius 3 is 2.47 bits per heavy atom. The molecule has 0 amide bonds. The second kappa shape index (κ2) is 4.88. The number of aryl methyl sites for hydroxylation is 1. The van der Waals surface area contributed by atoms with E-state index >= 15 is 0 Å². The molecule has 0 saturated carbocycles. The fraction of sp³-hybridized carbons (Fsp3) is 0.500. The van der Waals surface area contributed by atoms with Crippen molar-refractivity contribution in [3.63, 3.8) is 0 Å². The molecule has 3 nitrogen and oxygen atoms in total. The molecule has 0 aromatic heterocycles. The van der Waals surface area contributed by atoms with Crippen molar-refractivity contribution in [2.24, 2.45) is 5.73 Å². The molecule has 0 bridgehead atoms. The van der Waals surface area contributed by atoms with E-state index in [0.29, 0.717) is 0 Å². The van der Waals surface area contributed by atoms with Crippen molar-refractivity contribution >= 4 is 5.97 Å². The van der Waals surface area contributed by atoms with Gasteiger partial charge in [-0.05, 0) is 44.4 Å². The van der Waals surface area contributed by atoms with Gasteiger partial charge in [0, 0.05) is 11.5 Å². The molecule has 0 spiro atoms. The van der Waals surface area contributed by atoms with Crippen molar-refractivity contribution in [3.05, 3.63) is 34.9 Å². The lowest BCUT2D eigenvalue weighted by Gasteiger charge is -2.31. The van der Waals surface area contributed by atoms with Crippen LogP contribution in [0.25, 0.3) is 0 Å². The summed E-state index contributed by atoms with van der Waals surface area (Å²) < 4.78 is 0. The van der Waals surface area contributed by atoms with Crippen molar-refractivity contribution in [1.82, 2.24) is 0 Å². The molecule has 1 unspecified atom stereocenters. The lowest BCUT2D eigenvalue weighted by molar-refractivity contribution is -0.137. The van der Waals surface area contributed by atoms with Crippen LogP contribution >= 0.6 is 0 Å². The molecular weight excluding hydrogens is 214 g/mol. The zero-order valence-electron chi connectivity index (χ0n) is 10.9. The Hall–Kier alpha value is -1.35. The van der Waals surface area contributed by atoms with Gasteiger partial charge in [-0.1, -0.05) is 18.2 Å². The zero-order valence-corrected chi connectivity index (χ0v) is 10.9. The van der Waals surface area contributed by atoms with Gasteiger partial charge in [-0.3, -0.25) is 4.79 Å². The predicted molar refractivity (Wildman–Crippen MR) is 69.2 cm³/mol. The van der Waals surface area contributed by atoms with Crippen LogP contribution in [0.3, 0.4) is 0 Å². The van der Waals surface area contributed by atoms with Crippen LogP contribution in [0.1, 0.15) is 42.9 Å². The number of aliphatic carboxylic acids is 1. The Kier molecular flexibility index (Phi) is 3.94. The second-order valence-electron chi connectivity index (χ2n) is 5.26. The van der Waals surface area contributed by atoms with E-state index in [1.807, 2.05) is 45.9 Å². The van der Waals surface area contributed by atoms with Gasteiger partial charge >= 0.3 is 5.97 Å². The summed E-state index contributed by atoms with van der Waals surface area (Å²) in [5.41, 5.74) is 8.92. The van der Waals surface area contributed by atoms with E-state index in [9.17, 15) is 4.79 Å². The van der Waals surface area contributed by atoms with E-state index < -0.39 is 11.5 Å². The summed E-state index contributed by atoms with van der Waals surface area (Å²) >= 11 is 0. The number of carbonyl (C=O) groups is 1. The van der Waals surface area contributed by atoms with Crippen LogP contribution in [0.4, 0.5) is 0 Å². The van der Waals surface area contributed by atoms with Gasteiger partial charge < -0.3 is 10.8 Å². The first-order valence-corrected chi connectivity index (χ1v) is 5.80. The first kappa shape index (κ1) is 13.7. The topological polar surface area (TPSA) is 63.3 Å². The quantitative estimate of drug-likeness (QED) is 0.843. The Morgan fingerprint density at radius 1 is 1.41 bits per heavy atom. The maximum atomic E-state index is 11.0. The van der Waals surface area contributed by atoms with Gasteiger partial charge in [0.1, 0.15) is 0 Å². The van der Waals surface area contributed by atoms with Gasteiger partial charge in [0.25, 0.3) is 0 Å². The van der Waals surface area contributed by atoms with Crippen LogP contribution in [-0.4, -0.2) is 16.6 Å². The molecule has 17 heavy (non-hydrogen) atoms. The smallest absolute Gasteiger partial charge is 0.304 e. The predicted octanol–water partition coefficient (Wildman–Crippen LogP) is 2.60. The first-order valence-electron chi connectivity index (χ1n) is 5.80. The number of rotatable bonds is 4. The maximum absolute atomic E-state index is 11.0. The summed E-state index contributed by atoms with van der Waals surface area (Å²) in [4.78, 5) is 11.0. The van der Waals surface area contributed by atoms with Gasteiger partial charge in [0.15, 0.2) is 0 Å². The van der Waals surface area contributed by atoms with Crippen LogP contribution in [0.15, 0.2) is 18.2 Å². The molecule has 0 radical (unpaired) electrons. The Bertz CT molecular complexity index is 419. The maximum Gasteiger partial charge on any atom is 0.304 e. The Balaban J connectivity index is 3.22. The van der Waals surface area contributed by atoms with E-state index in [1.54, 1.807) is 0 Å². The molecule has 0 heterocycles. The SMILES string of the molecule is Cc1cccc(C(CC(=O)O)C(C)(C)N)c1C. The molecule has 0 aliphatic heterocycles. The summed E-state index contributed by atoms with van der Waals surface area (Å²) in [7, 11) is 0. The molecule has 0 aliphatic rings. The van der Waals surface area contributed by atoms with Crippen LogP contribution in [-0.2, 0) is 4.79 Å². The summed E-state index contributed by atoms with van der Waals surface area (Å²) in [5.74, 6) is -0.977. The summed E-state index contributed by atoms with van der Waals surface area (Å²) in [6.07, 6.45) is 0.0633. The number of benzene rings is 1. The van der Waals surface area contributed by atoms with Crippen LogP contribution in [0.5, 0.6) is 0 Å². The van der Waals surface area contributed by atoms with Crippen molar-refractivity contribution < 1.29 is 9.90 Å². The van der Waals surface area contributed by atoms with Gasteiger partial charge in [-0.15, -0.1) is 0 Å². The Labute approximate surface area is 103 Å². The van der Waals surface area contributed by atoms with E-state index in [0.717, 1.165) is 11.1 Å². The molecule has 1 rings (SSSR count). The van der Waals surface area contributed by atoms with Gasteiger partial charge in [0.2, 0.25) is 0 Å². The molecular formula is C14H21NO2. The molecule has 3 N–H and O–H groups in total. The van der Waals surface area contributed by atoms with Crippen molar-refractivity contribution in [2.75, 3.05) is 0 Å². The molecule has 0 aliphatic carbocycles. The van der Waals surface area contributed by atoms with Gasteiger partial charge in [0.05, 0.1) is 6.42 Å². The fourth-order valence-electron chi connectivity index (χ4n) is 2.10. The summed E-state index contributed by atoms with van der Waals surface area (Å²) in [6.45, 7) is 7.80. The third-order valence-electron chi connectivity index (χ3n) is 3.30. The minimum atomic E-state index is -0.811. The van der Waals surface area contributed by atoms with Crippen molar-refractivity contribution in [3.8, 4) is 0 Å². The zero-order chi connectivity index (χ0) is 13.2. The highest BCUT2D eigenvalue weighted by atomic mass is 16.4. The highest BCUT2D eigenvalue weighted by molar-refractivity contribution is 5.68. The van der Waals surface area contributed by atoms with E-state index in [2.05, 4.69) is 0 Å². The molecule has 3 heteroatoms. The summed E-state index contributed by atoms with van der Waals surface area (Å²) in [6, 6.07) is 5.96. The minimum Gasteiger partial charge on any atom is -0.481 e. The van der Waals surface area contributed by atoms with E-state index in [-0.39, 0.29) is 12.3 Å². The number of carboxylic acids is 1. The fourth-order valence-corrected chi connectivity index (χ4v) is 2.10. The Morgan fingerprint density at radius 2 is 2.00 bits per heavy atom. The average Bonchev–Trinajstić information content (AvgIpc) is 2.17. The third kappa shape index (κ3) is 3.30. The molecule has 1 atom stereocenters. The molecule has 1 aromatic rings. The van der Waals surface area contributed by atoms with Crippen molar-refractivity contribution in [2.45, 2.75) is 45.6 Å². The second-order valence-corrected chi connectivity index (χ2v) is 5.26. The lowest BCUT2D eigenvalue weighted by atomic mass is 9.78. The molecule has 1 aromatic carbocycles. The molecule has 94 valence electrons. The van der Waals surface area contributed by atoms with Crippen LogP contribution in [0.2, 0.25) is 0 Å². The van der Waals surface area contributed by atoms with Crippen LogP contribution in [0, 0.1) is 13.8 Å². The molecule has 0 fully saturated rings. The number of hydrogen-bond acceptors (Lipinski definition) is 2. The van der Waals surface area contributed by atoms with Gasteiger partial charge in [-0.25, -0.2) is 0 Å². The third-order valence-corrected chi connectivity index (χ3v) is 3.30. The first-order chi connectivity index (χ1) is 7.73. The molecule has 0 saturated heterocycles. The number of hydrogen-bond donors (Lipinski definition) is 2. The van der Waals surface area contributed by atoms with E-state index in [4.69, 9.17) is 10.8 Å². The standard InChI is InChI=1S/C14H21NO2/c1-9-6-5-7-11(10(9)2)12(8-13(16)17)14(3,4)15/h5-7,12H,8,15H2,1-4H3,(H,16,17). The normalized spacial score (nSPS) is 13.5. The number of carboxylic acid groups (broad SMARTS) is 1. The lowest BCUT2D eigenvalue weighted by Crippen LogP contribution is -2.40. The summed E-state index contributed by atoms with van der Waals surface area (Å²) in [5, 5.41) is 9.01. The average molecular weight is 235 g/mol. The minimum absolute atomic E-state index is 0.0633. The number of nitrogens with two attached hydrogens (primary N) is 1. The monoisotopic (exact) mass is 235 g/mol. The van der Waals surface area contributed by atoms with E-state index in [1.165, 1.54) is 5.56 Å². The largest absolute Gasteiger partial charge is 0.481 e.